The minimum absolute atomic E-state index is 0.107. The molecule has 1 aromatic carbocycles. The number of carbonyl (C=O) groups excluding carboxylic acids is 1. The van der Waals surface area contributed by atoms with E-state index in [9.17, 15) is 10.0 Å². The predicted octanol–water partition coefficient (Wildman–Crippen LogP) is 1.70. The minimum atomic E-state index is -0.578. The van der Waals surface area contributed by atoms with Crippen LogP contribution in [0, 0.1) is 0 Å². The van der Waals surface area contributed by atoms with Gasteiger partial charge in [-0.25, -0.2) is 5.06 Å². The zero-order chi connectivity index (χ0) is 13.0. The summed E-state index contributed by atoms with van der Waals surface area (Å²) in [6, 6.07) is 12.2. The zero-order valence-electron chi connectivity index (χ0n) is 9.65. The Morgan fingerprint density at radius 3 is 2.67 bits per heavy atom. The maximum atomic E-state index is 11.9. The van der Waals surface area contributed by atoms with Gasteiger partial charge in [0.1, 0.15) is 5.69 Å². The average Bonchev–Trinajstić information content (AvgIpc) is 2.39. The van der Waals surface area contributed by atoms with Gasteiger partial charge in [0.15, 0.2) is 0 Å². The van der Waals surface area contributed by atoms with Gasteiger partial charge in [-0.05, 0) is 17.7 Å². The molecule has 5 heteroatoms. The van der Waals surface area contributed by atoms with Gasteiger partial charge in [-0.1, -0.05) is 30.3 Å². The average molecular weight is 243 g/mol. The lowest BCUT2D eigenvalue weighted by Gasteiger charge is -2.14. The first-order valence-electron chi connectivity index (χ1n) is 5.43. The molecule has 0 aliphatic heterocycles. The highest BCUT2D eigenvalue weighted by molar-refractivity contribution is 5.92. The van der Waals surface area contributed by atoms with Gasteiger partial charge in [-0.2, -0.15) is 0 Å². The lowest BCUT2D eigenvalue weighted by atomic mass is 10.2. The molecule has 0 aliphatic rings. The lowest BCUT2D eigenvalue weighted by Crippen LogP contribution is -2.27. The van der Waals surface area contributed by atoms with Crippen LogP contribution in [0.1, 0.15) is 16.1 Å². The fourth-order valence-electron chi connectivity index (χ4n) is 1.52. The summed E-state index contributed by atoms with van der Waals surface area (Å²) in [4.78, 5) is 15.7. The molecular formula is C13H13N3O2. The van der Waals surface area contributed by atoms with Gasteiger partial charge in [0, 0.05) is 11.9 Å². The third kappa shape index (κ3) is 2.83. The first kappa shape index (κ1) is 12.1. The van der Waals surface area contributed by atoms with Crippen molar-refractivity contribution in [3.8, 4) is 0 Å². The van der Waals surface area contributed by atoms with E-state index in [0.29, 0.717) is 10.8 Å². The van der Waals surface area contributed by atoms with Gasteiger partial charge >= 0.3 is 0 Å². The van der Waals surface area contributed by atoms with Crippen molar-refractivity contribution in [3.05, 3.63) is 59.9 Å². The molecule has 1 amide bonds. The molecule has 0 radical (unpaired) electrons. The number of pyridine rings is 1. The normalized spacial score (nSPS) is 10.1. The number of nitrogen functional groups attached to an aromatic ring is 1. The van der Waals surface area contributed by atoms with E-state index in [1.54, 1.807) is 6.07 Å². The maximum absolute atomic E-state index is 11.9. The highest BCUT2D eigenvalue weighted by Crippen LogP contribution is 2.08. The highest BCUT2D eigenvalue weighted by atomic mass is 16.5. The van der Waals surface area contributed by atoms with Crippen molar-refractivity contribution >= 4 is 11.6 Å². The summed E-state index contributed by atoms with van der Waals surface area (Å²) in [5.74, 6) is -0.578. The summed E-state index contributed by atoms with van der Waals surface area (Å²) in [6.07, 6.45) is 1.43. The second-order valence-corrected chi connectivity index (χ2v) is 3.82. The van der Waals surface area contributed by atoms with Crippen LogP contribution in [0.15, 0.2) is 48.7 Å². The summed E-state index contributed by atoms with van der Waals surface area (Å²) in [5.41, 5.74) is 6.94. The predicted molar refractivity (Wildman–Crippen MR) is 66.8 cm³/mol. The molecule has 0 saturated heterocycles. The number of benzene rings is 1. The van der Waals surface area contributed by atoms with E-state index in [4.69, 9.17) is 5.73 Å². The molecule has 0 unspecified atom stereocenters. The van der Waals surface area contributed by atoms with Crippen LogP contribution in [0.25, 0.3) is 0 Å². The number of amides is 1. The fraction of sp³-hybridized carbons (Fsp3) is 0.0769. The fourth-order valence-corrected chi connectivity index (χ4v) is 1.52. The standard InChI is InChI=1S/C13H13N3O2/c14-11-6-7-15-12(8-11)13(17)16(18)9-10-4-2-1-3-5-10/h1-8,18H,9H2,(H2,14,15). The summed E-state index contributed by atoms with van der Waals surface area (Å²) in [5, 5.41) is 10.3. The number of nitrogens with zero attached hydrogens (tertiary/aromatic N) is 2. The lowest BCUT2D eigenvalue weighted by molar-refractivity contribution is -0.0652. The van der Waals surface area contributed by atoms with Crippen LogP contribution in [0.2, 0.25) is 0 Å². The largest absolute Gasteiger partial charge is 0.399 e. The smallest absolute Gasteiger partial charge is 0.296 e. The Morgan fingerprint density at radius 2 is 2.00 bits per heavy atom. The van der Waals surface area contributed by atoms with E-state index in [0.717, 1.165) is 5.56 Å². The van der Waals surface area contributed by atoms with Crippen LogP contribution in [-0.4, -0.2) is 21.2 Å². The van der Waals surface area contributed by atoms with Crippen molar-refractivity contribution < 1.29 is 10.0 Å². The van der Waals surface area contributed by atoms with Crippen LogP contribution in [0.4, 0.5) is 5.69 Å². The Morgan fingerprint density at radius 1 is 1.28 bits per heavy atom. The highest BCUT2D eigenvalue weighted by Gasteiger charge is 2.15. The van der Waals surface area contributed by atoms with Crippen LogP contribution < -0.4 is 5.73 Å². The summed E-state index contributed by atoms with van der Waals surface area (Å²) >= 11 is 0. The molecule has 2 rings (SSSR count). The number of carbonyl (C=O) groups is 1. The molecule has 0 saturated carbocycles. The van der Waals surface area contributed by atoms with Gasteiger partial charge in [0.05, 0.1) is 6.54 Å². The number of anilines is 1. The number of rotatable bonds is 3. The van der Waals surface area contributed by atoms with Crippen molar-refractivity contribution in [2.45, 2.75) is 6.54 Å². The van der Waals surface area contributed by atoms with Gasteiger partial charge < -0.3 is 5.73 Å². The third-order valence-electron chi connectivity index (χ3n) is 2.41. The summed E-state index contributed by atoms with van der Waals surface area (Å²) in [7, 11) is 0. The molecule has 1 heterocycles. The molecule has 0 spiro atoms. The monoisotopic (exact) mass is 243 g/mol. The first-order chi connectivity index (χ1) is 8.66. The Balaban J connectivity index is 2.10. The molecule has 0 fully saturated rings. The molecular weight excluding hydrogens is 230 g/mol. The molecule has 0 atom stereocenters. The van der Waals surface area contributed by atoms with E-state index < -0.39 is 5.91 Å². The molecule has 5 nitrogen and oxygen atoms in total. The minimum Gasteiger partial charge on any atom is -0.399 e. The maximum Gasteiger partial charge on any atom is 0.296 e. The molecule has 18 heavy (non-hydrogen) atoms. The Bertz CT molecular complexity index is 543. The number of aromatic nitrogens is 1. The number of hydrogen-bond acceptors (Lipinski definition) is 4. The quantitative estimate of drug-likeness (QED) is 0.635. The van der Waals surface area contributed by atoms with Crippen molar-refractivity contribution in [1.29, 1.82) is 0 Å². The van der Waals surface area contributed by atoms with Gasteiger partial charge in [-0.3, -0.25) is 15.0 Å². The Hall–Kier alpha value is -2.40. The number of hydrogen-bond donors (Lipinski definition) is 2. The number of nitrogens with two attached hydrogens (primary N) is 1. The van der Waals surface area contributed by atoms with Crippen LogP contribution in [0.5, 0.6) is 0 Å². The van der Waals surface area contributed by atoms with Gasteiger partial charge in [0.2, 0.25) is 0 Å². The van der Waals surface area contributed by atoms with Crippen molar-refractivity contribution in [1.82, 2.24) is 10.0 Å². The van der Waals surface area contributed by atoms with E-state index >= 15 is 0 Å². The third-order valence-corrected chi connectivity index (χ3v) is 2.41. The molecule has 2 aromatic rings. The van der Waals surface area contributed by atoms with E-state index in [1.807, 2.05) is 30.3 Å². The molecule has 92 valence electrons. The SMILES string of the molecule is Nc1ccnc(C(=O)N(O)Cc2ccccc2)c1. The summed E-state index contributed by atoms with van der Waals surface area (Å²) in [6.45, 7) is 0.107. The van der Waals surface area contributed by atoms with Crippen molar-refractivity contribution in [2.24, 2.45) is 0 Å². The van der Waals surface area contributed by atoms with E-state index in [-0.39, 0.29) is 12.2 Å². The van der Waals surface area contributed by atoms with E-state index in [2.05, 4.69) is 4.98 Å². The van der Waals surface area contributed by atoms with Crippen LogP contribution in [0.3, 0.4) is 0 Å². The van der Waals surface area contributed by atoms with Crippen molar-refractivity contribution in [2.75, 3.05) is 5.73 Å². The van der Waals surface area contributed by atoms with Crippen molar-refractivity contribution in [3.63, 3.8) is 0 Å². The Kier molecular flexibility index (Phi) is 3.54. The van der Waals surface area contributed by atoms with Gasteiger partial charge in [0.25, 0.3) is 5.91 Å². The van der Waals surface area contributed by atoms with Crippen LogP contribution in [-0.2, 0) is 6.54 Å². The second-order valence-electron chi connectivity index (χ2n) is 3.82. The number of hydroxylamine groups is 2. The molecule has 0 aliphatic carbocycles. The van der Waals surface area contributed by atoms with Crippen LogP contribution >= 0.6 is 0 Å². The first-order valence-corrected chi connectivity index (χ1v) is 5.43. The van der Waals surface area contributed by atoms with Gasteiger partial charge in [-0.15, -0.1) is 0 Å². The second kappa shape index (κ2) is 5.29. The Labute approximate surface area is 104 Å². The van der Waals surface area contributed by atoms with E-state index in [1.165, 1.54) is 12.3 Å². The molecule has 0 bridgehead atoms. The zero-order valence-corrected chi connectivity index (χ0v) is 9.65. The topological polar surface area (TPSA) is 79.5 Å². The molecule has 3 N–H and O–H groups in total. The summed E-state index contributed by atoms with van der Waals surface area (Å²) < 4.78 is 0. The molecule has 1 aromatic heterocycles.